The zero-order valence-electron chi connectivity index (χ0n) is 14.3. The van der Waals surface area contributed by atoms with Gasteiger partial charge in [0.15, 0.2) is 0 Å². The summed E-state index contributed by atoms with van der Waals surface area (Å²) in [6.45, 7) is 5.96. The summed E-state index contributed by atoms with van der Waals surface area (Å²) < 4.78 is 13.9. The van der Waals surface area contributed by atoms with Crippen molar-refractivity contribution in [2.24, 2.45) is 0 Å². The Balaban J connectivity index is 2.74. The van der Waals surface area contributed by atoms with Gasteiger partial charge in [-0.15, -0.1) is 0 Å². The maximum Gasteiger partial charge on any atom is 0.147 e. The number of hydrogen-bond acceptors (Lipinski definition) is 2. The first kappa shape index (κ1) is 18.0. The van der Waals surface area contributed by atoms with E-state index in [1.807, 2.05) is 32.9 Å². The Bertz CT molecular complexity index is 848. The highest BCUT2D eigenvalue weighted by Crippen LogP contribution is 2.37. The maximum absolute atomic E-state index is 13.9. The molecule has 0 aliphatic carbocycles. The summed E-state index contributed by atoms with van der Waals surface area (Å²) in [5.41, 5.74) is 5.50. The van der Waals surface area contributed by atoms with E-state index < -0.39 is 0 Å². The predicted octanol–water partition coefficient (Wildman–Crippen LogP) is 5.85. The van der Waals surface area contributed by atoms with Crippen LogP contribution in [0.2, 0.25) is 5.02 Å². The normalized spacial score (nSPS) is 11.3. The molecular weight excluding hydrogens is 323 g/mol. The molecule has 0 heterocycles. The fourth-order valence-corrected chi connectivity index (χ4v) is 3.17. The first-order valence-corrected chi connectivity index (χ1v) is 8.20. The standard InChI is InChI=1S/C20H20ClFN2/c1-5-6-15(16-7-8-18(22)20(24-4)19(16)21)17-10-14(11-23)12(2)9-13(17)3/h6-10,24H,5H2,1-4H3/b15-6-. The van der Waals surface area contributed by atoms with Crippen LogP contribution >= 0.6 is 11.6 Å². The fraction of sp³-hybridized carbons (Fsp3) is 0.250. The lowest BCUT2D eigenvalue weighted by Gasteiger charge is -2.17. The van der Waals surface area contributed by atoms with Crippen LogP contribution in [0.15, 0.2) is 30.3 Å². The Kier molecular flexibility index (Phi) is 5.64. The van der Waals surface area contributed by atoms with E-state index in [9.17, 15) is 9.65 Å². The second-order valence-corrected chi connectivity index (χ2v) is 6.03. The molecule has 0 amide bonds. The van der Waals surface area contributed by atoms with Crippen LogP contribution in [0.5, 0.6) is 0 Å². The Labute approximate surface area is 147 Å². The third kappa shape index (κ3) is 3.29. The van der Waals surface area contributed by atoms with Gasteiger partial charge in [-0.3, -0.25) is 0 Å². The van der Waals surface area contributed by atoms with Crippen molar-refractivity contribution in [3.63, 3.8) is 0 Å². The van der Waals surface area contributed by atoms with E-state index in [0.717, 1.165) is 34.2 Å². The molecule has 2 aromatic rings. The van der Waals surface area contributed by atoms with Crippen molar-refractivity contribution in [1.82, 2.24) is 0 Å². The number of nitrogens with zero attached hydrogens (tertiary/aromatic N) is 1. The van der Waals surface area contributed by atoms with Crippen molar-refractivity contribution in [2.75, 3.05) is 12.4 Å². The molecule has 24 heavy (non-hydrogen) atoms. The number of rotatable bonds is 4. The SMILES string of the molecule is CC/C=C(\c1cc(C#N)c(C)cc1C)c1ccc(F)c(NC)c1Cl. The van der Waals surface area contributed by atoms with E-state index in [1.165, 1.54) is 6.07 Å². The number of halogens is 2. The van der Waals surface area contributed by atoms with Gasteiger partial charge in [0.2, 0.25) is 0 Å². The molecule has 0 bridgehead atoms. The molecule has 0 radical (unpaired) electrons. The Morgan fingerprint density at radius 3 is 2.54 bits per heavy atom. The van der Waals surface area contributed by atoms with Crippen molar-refractivity contribution < 1.29 is 4.39 Å². The molecule has 2 nitrogen and oxygen atoms in total. The topological polar surface area (TPSA) is 35.8 Å². The highest BCUT2D eigenvalue weighted by molar-refractivity contribution is 6.35. The van der Waals surface area contributed by atoms with Gasteiger partial charge in [0.05, 0.1) is 22.3 Å². The third-order valence-corrected chi connectivity index (χ3v) is 4.41. The van der Waals surface area contributed by atoms with Crippen LogP contribution in [0.3, 0.4) is 0 Å². The van der Waals surface area contributed by atoms with Crippen LogP contribution in [0.4, 0.5) is 10.1 Å². The summed E-state index contributed by atoms with van der Waals surface area (Å²) in [5, 5.41) is 12.5. The van der Waals surface area contributed by atoms with Gasteiger partial charge in [0.1, 0.15) is 5.82 Å². The molecule has 124 valence electrons. The largest absolute Gasteiger partial charge is 0.385 e. The number of anilines is 1. The minimum absolute atomic E-state index is 0.279. The predicted molar refractivity (Wildman–Crippen MR) is 99.0 cm³/mol. The molecule has 0 atom stereocenters. The van der Waals surface area contributed by atoms with Crippen molar-refractivity contribution in [2.45, 2.75) is 27.2 Å². The summed E-state index contributed by atoms with van der Waals surface area (Å²) in [4.78, 5) is 0. The van der Waals surface area contributed by atoms with Crippen molar-refractivity contribution in [1.29, 1.82) is 5.26 Å². The van der Waals surface area contributed by atoms with E-state index in [2.05, 4.69) is 17.5 Å². The number of aryl methyl sites for hydroxylation is 2. The van der Waals surface area contributed by atoms with Crippen LogP contribution in [-0.4, -0.2) is 7.05 Å². The van der Waals surface area contributed by atoms with Crippen LogP contribution in [0, 0.1) is 31.0 Å². The Hall–Kier alpha value is -2.31. The van der Waals surface area contributed by atoms with Gasteiger partial charge in [-0.2, -0.15) is 5.26 Å². The first-order valence-electron chi connectivity index (χ1n) is 7.82. The summed E-state index contributed by atoms with van der Waals surface area (Å²) in [7, 11) is 1.64. The third-order valence-electron chi connectivity index (χ3n) is 4.02. The first-order chi connectivity index (χ1) is 11.4. The summed E-state index contributed by atoms with van der Waals surface area (Å²) in [6, 6.07) is 9.19. The zero-order valence-corrected chi connectivity index (χ0v) is 15.1. The minimum Gasteiger partial charge on any atom is -0.385 e. The monoisotopic (exact) mass is 342 g/mol. The molecule has 0 unspecified atom stereocenters. The summed E-state index contributed by atoms with van der Waals surface area (Å²) >= 11 is 6.44. The molecular formula is C20H20ClFN2. The fourth-order valence-electron chi connectivity index (χ4n) is 2.82. The molecule has 0 aliphatic rings. The van der Waals surface area contributed by atoms with E-state index >= 15 is 0 Å². The number of benzene rings is 2. The van der Waals surface area contributed by atoms with Crippen LogP contribution in [0.25, 0.3) is 5.57 Å². The molecule has 0 aliphatic heterocycles. The quantitative estimate of drug-likeness (QED) is 0.756. The second kappa shape index (κ2) is 7.51. The summed E-state index contributed by atoms with van der Waals surface area (Å²) in [5.74, 6) is -0.388. The lowest BCUT2D eigenvalue weighted by Crippen LogP contribution is -2.00. The average Bonchev–Trinajstić information content (AvgIpc) is 2.54. The molecule has 0 fully saturated rings. The van der Waals surface area contributed by atoms with Crippen LogP contribution in [0.1, 0.15) is 41.2 Å². The van der Waals surface area contributed by atoms with Crippen molar-refractivity contribution in [3.05, 3.63) is 69.0 Å². The van der Waals surface area contributed by atoms with Gasteiger partial charge in [-0.05, 0) is 60.7 Å². The number of allylic oxidation sites excluding steroid dienone is 1. The number of hydrogen-bond donors (Lipinski definition) is 1. The van der Waals surface area contributed by atoms with E-state index in [0.29, 0.717) is 10.6 Å². The molecule has 2 rings (SSSR count). The van der Waals surface area contributed by atoms with Gasteiger partial charge in [0.25, 0.3) is 0 Å². The molecule has 0 aromatic heterocycles. The van der Waals surface area contributed by atoms with Gasteiger partial charge in [0, 0.05) is 12.6 Å². The molecule has 0 saturated heterocycles. The minimum atomic E-state index is -0.388. The van der Waals surface area contributed by atoms with E-state index in [1.54, 1.807) is 13.1 Å². The smallest absolute Gasteiger partial charge is 0.147 e. The molecule has 0 spiro atoms. The van der Waals surface area contributed by atoms with Gasteiger partial charge >= 0.3 is 0 Å². The summed E-state index contributed by atoms with van der Waals surface area (Å²) in [6.07, 6.45) is 2.85. The molecule has 4 heteroatoms. The van der Waals surface area contributed by atoms with Crippen molar-refractivity contribution in [3.8, 4) is 6.07 Å². The number of nitriles is 1. The van der Waals surface area contributed by atoms with Gasteiger partial charge in [-0.25, -0.2) is 4.39 Å². The molecule has 2 aromatic carbocycles. The van der Waals surface area contributed by atoms with Gasteiger partial charge in [-0.1, -0.05) is 30.7 Å². The average molecular weight is 343 g/mol. The highest BCUT2D eigenvalue weighted by atomic mass is 35.5. The second-order valence-electron chi connectivity index (χ2n) is 5.65. The van der Waals surface area contributed by atoms with E-state index in [4.69, 9.17) is 11.6 Å². The Morgan fingerprint density at radius 2 is 1.96 bits per heavy atom. The zero-order chi connectivity index (χ0) is 17.9. The maximum atomic E-state index is 13.9. The van der Waals surface area contributed by atoms with Gasteiger partial charge < -0.3 is 5.32 Å². The number of nitrogens with one attached hydrogen (secondary N) is 1. The van der Waals surface area contributed by atoms with Crippen LogP contribution in [-0.2, 0) is 0 Å². The lowest BCUT2D eigenvalue weighted by atomic mass is 9.90. The highest BCUT2D eigenvalue weighted by Gasteiger charge is 2.17. The lowest BCUT2D eigenvalue weighted by molar-refractivity contribution is 0.631. The van der Waals surface area contributed by atoms with Crippen molar-refractivity contribution >= 4 is 22.9 Å². The Morgan fingerprint density at radius 1 is 1.25 bits per heavy atom. The van der Waals surface area contributed by atoms with E-state index in [-0.39, 0.29) is 11.5 Å². The van der Waals surface area contributed by atoms with Crippen LogP contribution < -0.4 is 5.32 Å². The molecule has 1 N–H and O–H groups in total. The molecule has 0 saturated carbocycles.